The van der Waals surface area contributed by atoms with Gasteiger partial charge in [0, 0.05) is 32.2 Å². The van der Waals surface area contributed by atoms with E-state index in [0.717, 1.165) is 37.6 Å². The van der Waals surface area contributed by atoms with E-state index in [4.69, 9.17) is 9.47 Å². The highest BCUT2D eigenvalue weighted by Gasteiger charge is 2.07. The van der Waals surface area contributed by atoms with Crippen LogP contribution in [0.15, 0.2) is 24.3 Å². The first-order chi connectivity index (χ1) is 10.4. The van der Waals surface area contributed by atoms with Crippen molar-refractivity contribution in [2.24, 2.45) is 0 Å². The molecule has 1 heterocycles. The van der Waals surface area contributed by atoms with E-state index in [1.165, 1.54) is 38.9 Å². The fraction of sp³-hybridized carbons (Fsp3) is 0.647. The van der Waals surface area contributed by atoms with Gasteiger partial charge in [0.05, 0.1) is 13.7 Å². The number of hydrogen-bond acceptors (Lipinski definition) is 4. The van der Waals surface area contributed by atoms with Crippen molar-refractivity contribution in [3.8, 4) is 11.5 Å². The number of rotatable bonds is 9. The first kappa shape index (κ1) is 16.1. The Morgan fingerprint density at radius 2 is 1.81 bits per heavy atom. The van der Waals surface area contributed by atoms with Crippen molar-refractivity contribution in [3.05, 3.63) is 24.3 Å². The number of methoxy groups -OCH3 is 1. The lowest BCUT2D eigenvalue weighted by Gasteiger charge is -2.27. The molecule has 0 saturated carbocycles. The molecule has 0 radical (unpaired) electrons. The molecule has 0 amide bonds. The highest BCUT2D eigenvalue weighted by Crippen LogP contribution is 2.19. The van der Waals surface area contributed by atoms with Crippen LogP contribution in [0, 0.1) is 0 Å². The quantitative estimate of drug-likeness (QED) is 0.709. The predicted octanol–water partition coefficient (Wildman–Crippen LogP) is 2.54. The SMILES string of the molecule is COc1cccc(OCCCCCCN2CCNCC2)c1. The minimum absolute atomic E-state index is 0.792. The Balaban J connectivity index is 1.47. The number of nitrogens with one attached hydrogen (secondary N) is 1. The number of hydrogen-bond donors (Lipinski definition) is 1. The van der Waals surface area contributed by atoms with E-state index in [-0.39, 0.29) is 0 Å². The maximum Gasteiger partial charge on any atom is 0.122 e. The minimum Gasteiger partial charge on any atom is -0.497 e. The van der Waals surface area contributed by atoms with Gasteiger partial charge in [-0.2, -0.15) is 0 Å². The van der Waals surface area contributed by atoms with Crippen LogP contribution in [-0.2, 0) is 0 Å². The molecule has 1 aliphatic heterocycles. The predicted molar refractivity (Wildman–Crippen MR) is 86.3 cm³/mol. The first-order valence-corrected chi connectivity index (χ1v) is 8.08. The molecule has 0 aliphatic carbocycles. The molecule has 2 rings (SSSR count). The Morgan fingerprint density at radius 3 is 2.62 bits per heavy atom. The van der Waals surface area contributed by atoms with Crippen LogP contribution in [0.2, 0.25) is 0 Å². The van der Waals surface area contributed by atoms with E-state index in [0.29, 0.717) is 0 Å². The summed E-state index contributed by atoms with van der Waals surface area (Å²) in [6.07, 6.45) is 4.97. The van der Waals surface area contributed by atoms with Crippen LogP contribution in [0.4, 0.5) is 0 Å². The number of unbranched alkanes of at least 4 members (excludes halogenated alkanes) is 3. The first-order valence-electron chi connectivity index (χ1n) is 8.08. The Hall–Kier alpha value is -1.26. The summed E-state index contributed by atoms with van der Waals surface area (Å²) < 4.78 is 10.9. The number of piperazine rings is 1. The normalized spacial score (nSPS) is 15.9. The summed E-state index contributed by atoms with van der Waals surface area (Å²) in [6, 6.07) is 7.81. The van der Waals surface area contributed by atoms with E-state index >= 15 is 0 Å². The molecule has 0 aromatic heterocycles. The van der Waals surface area contributed by atoms with Gasteiger partial charge in [-0.3, -0.25) is 0 Å². The standard InChI is InChI=1S/C17H28N2O2/c1-20-16-7-6-8-17(15-16)21-14-5-3-2-4-11-19-12-9-18-10-13-19/h6-8,15,18H,2-5,9-14H2,1H3. The molecule has 1 aliphatic rings. The van der Waals surface area contributed by atoms with Gasteiger partial charge in [0.25, 0.3) is 0 Å². The van der Waals surface area contributed by atoms with Crippen molar-refractivity contribution in [1.82, 2.24) is 10.2 Å². The number of nitrogens with zero attached hydrogens (tertiary/aromatic N) is 1. The summed E-state index contributed by atoms with van der Waals surface area (Å²) in [5.41, 5.74) is 0. The maximum absolute atomic E-state index is 5.75. The smallest absolute Gasteiger partial charge is 0.122 e. The summed E-state index contributed by atoms with van der Waals surface area (Å²) in [6.45, 7) is 6.75. The third-order valence-corrected chi connectivity index (χ3v) is 3.89. The van der Waals surface area contributed by atoms with Crippen LogP contribution >= 0.6 is 0 Å². The molecule has 1 N–H and O–H groups in total. The van der Waals surface area contributed by atoms with Gasteiger partial charge in [0.2, 0.25) is 0 Å². The van der Waals surface area contributed by atoms with Gasteiger partial charge >= 0.3 is 0 Å². The zero-order valence-corrected chi connectivity index (χ0v) is 13.1. The lowest BCUT2D eigenvalue weighted by molar-refractivity contribution is 0.234. The monoisotopic (exact) mass is 292 g/mol. The fourth-order valence-electron chi connectivity index (χ4n) is 2.61. The molecule has 0 unspecified atom stereocenters. The molecule has 4 heteroatoms. The van der Waals surface area contributed by atoms with E-state index in [1.54, 1.807) is 7.11 Å². The Labute approximate surface area is 128 Å². The molecule has 1 saturated heterocycles. The summed E-state index contributed by atoms with van der Waals surface area (Å²) in [5, 5.41) is 3.39. The summed E-state index contributed by atoms with van der Waals surface area (Å²) >= 11 is 0. The van der Waals surface area contributed by atoms with Crippen LogP contribution in [-0.4, -0.2) is 51.3 Å². The molecular weight excluding hydrogens is 264 g/mol. The summed E-state index contributed by atoms with van der Waals surface area (Å²) in [7, 11) is 1.68. The van der Waals surface area contributed by atoms with E-state index in [2.05, 4.69) is 10.2 Å². The second kappa shape index (κ2) is 9.64. The fourth-order valence-corrected chi connectivity index (χ4v) is 2.61. The molecule has 1 fully saturated rings. The zero-order valence-electron chi connectivity index (χ0n) is 13.1. The van der Waals surface area contributed by atoms with E-state index in [1.807, 2.05) is 24.3 Å². The van der Waals surface area contributed by atoms with Crippen molar-refractivity contribution in [3.63, 3.8) is 0 Å². The summed E-state index contributed by atoms with van der Waals surface area (Å²) in [4.78, 5) is 2.56. The number of ether oxygens (including phenoxy) is 2. The Kier molecular flexibility index (Phi) is 7.39. The van der Waals surface area contributed by atoms with E-state index in [9.17, 15) is 0 Å². The average molecular weight is 292 g/mol. The molecule has 4 nitrogen and oxygen atoms in total. The zero-order chi connectivity index (χ0) is 14.8. The molecule has 118 valence electrons. The van der Waals surface area contributed by atoms with Gasteiger partial charge in [-0.15, -0.1) is 0 Å². The Morgan fingerprint density at radius 1 is 1.05 bits per heavy atom. The molecule has 0 atom stereocenters. The second-order valence-electron chi connectivity index (χ2n) is 5.53. The van der Waals surface area contributed by atoms with Gasteiger partial charge in [0.15, 0.2) is 0 Å². The van der Waals surface area contributed by atoms with Gasteiger partial charge in [0.1, 0.15) is 11.5 Å². The minimum atomic E-state index is 0.792. The van der Waals surface area contributed by atoms with Crippen LogP contribution in [0.1, 0.15) is 25.7 Å². The van der Waals surface area contributed by atoms with Gasteiger partial charge in [-0.05, 0) is 31.5 Å². The molecular formula is C17H28N2O2. The third-order valence-electron chi connectivity index (χ3n) is 3.89. The van der Waals surface area contributed by atoms with Crippen LogP contribution in [0.3, 0.4) is 0 Å². The van der Waals surface area contributed by atoms with Crippen molar-refractivity contribution in [1.29, 1.82) is 0 Å². The summed E-state index contributed by atoms with van der Waals surface area (Å²) in [5.74, 6) is 1.75. The van der Waals surface area contributed by atoms with E-state index < -0.39 is 0 Å². The number of benzene rings is 1. The lowest BCUT2D eigenvalue weighted by atomic mass is 10.2. The highest BCUT2D eigenvalue weighted by molar-refractivity contribution is 5.32. The van der Waals surface area contributed by atoms with Gasteiger partial charge < -0.3 is 19.7 Å². The molecule has 1 aromatic rings. The van der Waals surface area contributed by atoms with Gasteiger partial charge in [-0.25, -0.2) is 0 Å². The maximum atomic E-state index is 5.75. The van der Waals surface area contributed by atoms with Crippen molar-refractivity contribution >= 4 is 0 Å². The largest absolute Gasteiger partial charge is 0.497 e. The Bertz CT molecular complexity index is 392. The van der Waals surface area contributed by atoms with Crippen LogP contribution in [0.25, 0.3) is 0 Å². The van der Waals surface area contributed by atoms with Crippen molar-refractivity contribution in [2.45, 2.75) is 25.7 Å². The second-order valence-corrected chi connectivity index (χ2v) is 5.53. The lowest BCUT2D eigenvalue weighted by Crippen LogP contribution is -2.43. The van der Waals surface area contributed by atoms with Crippen LogP contribution < -0.4 is 14.8 Å². The molecule has 0 bridgehead atoms. The van der Waals surface area contributed by atoms with Crippen LogP contribution in [0.5, 0.6) is 11.5 Å². The third kappa shape index (κ3) is 6.36. The topological polar surface area (TPSA) is 33.7 Å². The van der Waals surface area contributed by atoms with Crippen molar-refractivity contribution < 1.29 is 9.47 Å². The highest BCUT2D eigenvalue weighted by atomic mass is 16.5. The molecule has 0 spiro atoms. The molecule has 1 aromatic carbocycles. The van der Waals surface area contributed by atoms with Crippen molar-refractivity contribution in [2.75, 3.05) is 46.4 Å². The molecule has 21 heavy (non-hydrogen) atoms. The van der Waals surface area contributed by atoms with Gasteiger partial charge in [-0.1, -0.05) is 18.9 Å². The average Bonchev–Trinajstić information content (AvgIpc) is 2.55.